The van der Waals surface area contributed by atoms with Gasteiger partial charge in [0.15, 0.2) is 0 Å². The van der Waals surface area contributed by atoms with Crippen molar-refractivity contribution in [2.24, 2.45) is 5.10 Å². The van der Waals surface area contributed by atoms with Crippen molar-refractivity contribution in [1.29, 1.82) is 0 Å². The van der Waals surface area contributed by atoms with Gasteiger partial charge in [0.05, 0.1) is 30.0 Å². The number of carbonyl (C=O) groups excluding carboxylic acids is 1. The van der Waals surface area contributed by atoms with Gasteiger partial charge in [-0.3, -0.25) is 4.79 Å². The third-order valence-electron chi connectivity index (χ3n) is 3.43. The molecule has 1 heterocycles. The first-order valence-electron chi connectivity index (χ1n) is 7.15. The van der Waals surface area contributed by atoms with Crippen LogP contribution in [0.2, 0.25) is 0 Å². The lowest BCUT2D eigenvalue weighted by Gasteiger charge is -2.02. The summed E-state index contributed by atoms with van der Waals surface area (Å²) in [5.41, 5.74) is 6.59. The molecule has 0 saturated carbocycles. The lowest BCUT2D eigenvalue weighted by Crippen LogP contribution is -2.19. The Morgan fingerprint density at radius 1 is 1.35 bits per heavy atom. The fourth-order valence-electron chi connectivity index (χ4n) is 2.25. The Bertz CT molecular complexity index is 883. The van der Waals surface area contributed by atoms with Gasteiger partial charge in [0, 0.05) is 5.56 Å². The van der Waals surface area contributed by atoms with Gasteiger partial charge in [0.25, 0.3) is 0 Å². The van der Waals surface area contributed by atoms with E-state index < -0.39 is 0 Å². The summed E-state index contributed by atoms with van der Waals surface area (Å²) < 4.78 is 0. The average molecular weight is 308 g/mol. The Balaban J connectivity index is 1.61. The molecule has 3 rings (SSSR count). The molecule has 6 nitrogen and oxygen atoms in total. The van der Waals surface area contributed by atoms with Crippen LogP contribution in [-0.2, 0) is 11.2 Å². The van der Waals surface area contributed by atoms with E-state index in [1.165, 1.54) is 6.21 Å². The van der Waals surface area contributed by atoms with E-state index >= 15 is 0 Å². The molecule has 3 N–H and O–H groups in total. The van der Waals surface area contributed by atoms with Gasteiger partial charge in [0.1, 0.15) is 5.75 Å². The number of phenols is 1. The highest BCUT2D eigenvalue weighted by Crippen LogP contribution is 2.16. The van der Waals surface area contributed by atoms with Gasteiger partial charge in [0.2, 0.25) is 5.91 Å². The number of aromatic hydroxyl groups is 1. The molecule has 0 atom stereocenters. The van der Waals surface area contributed by atoms with Crippen LogP contribution in [0, 0.1) is 6.92 Å². The number of imidazole rings is 1. The minimum atomic E-state index is -0.230. The molecular formula is C17H16N4O2. The van der Waals surface area contributed by atoms with Gasteiger partial charge in [-0.05, 0) is 42.3 Å². The molecule has 0 aliphatic heterocycles. The Morgan fingerprint density at radius 3 is 3.04 bits per heavy atom. The van der Waals surface area contributed by atoms with Gasteiger partial charge in [-0.15, -0.1) is 0 Å². The molecule has 3 aromatic rings. The third-order valence-corrected chi connectivity index (χ3v) is 3.43. The monoisotopic (exact) mass is 308 g/mol. The van der Waals surface area contributed by atoms with E-state index in [0.29, 0.717) is 5.56 Å². The molecule has 0 saturated heterocycles. The van der Waals surface area contributed by atoms with Gasteiger partial charge in [-0.1, -0.05) is 12.1 Å². The highest BCUT2D eigenvalue weighted by molar-refractivity contribution is 5.86. The maximum atomic E-state index is 11.9. The summed E-state index contributed by atoms with van der Waals surface area (Å²) in [5.74, 6) is -0.0978. The minimum Gasteiger partial charge on any atom is -0.507 e. The van der Waals surface area contributed by atoms with Crippen molar-refractivity contribution in [3.63, 3.8) is 0 Å². The van der Waals surface area contributed by atoms with E-state index in [1.807, 2.05) is 31.2 Å². The number of aromatic nitrogens is 2. The first-order valence-corrected chi connectivity index (χ1v) is 7.15. The van der Waals surface area contributed by atoms with Crippen LogP contribution in [0.25, 0.3) is 11.0 Å². The van der Waals surface area contributed by atoms with Crippen LogP contribution in [0.4, 0.5) is 0 Å². The van der Waals surface area contributed by atoms with Crippen molar-refractivity contribution < 1.29 is 9.90 Å². The van der Waals surface area contributed by atoms with E-state index in [4.69, 9.17) is 0 Å². The normalized spacial score (nSPS) is 11.2. The SMILES string of the molecule is Cc1ccc(/C=N/NC(=O)Cc2ccc3nc[nH]c3c2)c(O)c1. The molecule has 0 aliphatic rings. The molecule has 23 heavy (non-hydrogen) atoms. The molecule has 0 aliphatic carbocycles. The van der Waals surface area contributed by atoms with Crippen molar-refractivity contribution in [3.8, 4) is 5.75 Å². The van der Waals surface area contributed by atoms with Crippen LogP contribution in [-0.4, -0.2) is 27.2 Å². The Hall–Kier alpha value is -3.15. The number of fused-ring (bicyclic) bond motifs is 1. The minimum absolute atomic E-state index is 0.132. The Morgan fingerprint density at radius 2 is 2.22 bits per heavy atom. The number of rotatable bonds is 4. The van der Waals surface area contributed by atoms with Crippen LogP contribution < -0.4 is 5.43 Å². The van der Waals surface area contributed by atoms with Gasteiger partial charge >= 0.3 is 0 Å². The largest absolute Gasteiger partial charge is 0.507 e. The van der Waals surface area contributed by atoms with Crippen LogP contribution in [0.1, 0.15) is 16.7 Å². The number of hydrogen-bond acceptors (Lipinski definition) is 4. The number of amides is 1. The summed E-state index contributed by atoms with van der Waals surface area (Å²) in [7, 11) is 0. The molecule has 1 aromatic heterocycles. The predicted octanol–water partition coefficient (Wildman–Crippen LogP) is 2.27. The van der Waals surface area contributed by atoms with Gasteiger partial charge < -0.3 is 10.1 Å². The topological polar surface area (TPSA) is 90.4 Å². The molecule has 2 aromatic carbocycles. The van der Waals surface area contributed by atoms with E-state index in [1.54, 1.807) is 18.5 Å². The molecule has 6 heteroatoms. The number of hydrogen-bond donors (Lipinski definition) is 3. The van der Waals surface area contributed by atoms with Crippen molar-refractivity contribution >= 4 is 23.2 Å². The van der Waals surface area contributed by atoms with Crippen molar-refractivity contribution in [2.45, 2.75) is 13.3 Å². The molecule has 116 valence electrons. The highest BCUT2D eigenvalue weighted by Gasteiger charge is 2.04. The predicted molar refractivity (Wildman–Crippen MR) is 88.4 cm³/mol. The fraction of sp³-hybridized carbons (Fsp3) is 0.118. The average Bonchev–Trinajstić information content (AvgIpc) is 2.97. The fourth-order valence-corrected chi connectivity index (χ4v) is 2.25. The molecule has 0 radical (unpaired) electrons. The molecule has 0 spiro atoms. The van der Waals surface area contributed by atoms with Gasteiger partial charge in [-0.2, -0.15) is 5.10 Å². The second kappa shape index (κ2) is 6.31. The number of benzene rings is 2. The summed E-state index contributed by atoms with van der Waals surface area (Å²) in [5, 5.41) is 13.6. The zero-order valence-corrected chi connectivity index (χ0v) is 12.6. The molecular weight excluding hydrogens is 292 g/mol. The third kappa shape index (κ3) is 3.55. The molecule has 0 unspecified atom stereocenters. The second-order valence-electron chi connectivity index (χ2n) is 5.29. The number of nitrogens with one attached hydrogen (secondary N) is 2. The molecule has 0 bridgehead atoms. The van der Waals surface area contributed by atoms with E-state index in [0.717, 1.165) is 22.2 Å². The maximum absolute atomic E-state index is 11.9. The lowest BCUT2D eigenvalue weighted by atomic mass is 10.1. The molecule has 0 fully saturated rings. The lowest BCUT2D eigenvalue weighted by molar-refractivity contribution is -0.120. The zero-order valence-electron chi connectivity index (χ0n) is 12.6. The number of carbonyl (C=O) groups is 1. The van der Waals surface area contributed by atoms with Crippen molar-refractivity contribution in [2.75, 3.05) is 0 Å². The number of hydrazone groups is 1. The van der Waals surface area contributed by atoms with E-state index in [2.05, 4.69) is 20.5 Å². The zero-order chi connectivity index (χ0) is 16.2. The quantitative estimate of drug-likeness (QED) is 0.510. The van der Waals surface area contributed by atoms with Crippen LogP contribution in [0.5, 0.6) is 5.75 Å². The summed E-state index contributed by atoms with van der Waals surface area (Å²) in [6.07, 6.45) is 3.25. The van der Waals surface area contributed by atoms with Crippen LogP contribution in [0.15, 0.2) is 47.8 Å². The van der Waals surface area contributed by atoms with E-state index in [9.17, 15) is 9.90 Å². The summed E-state index contributed by atoms with van der Waals surface area (Å²) in [6.45, 7) is 1.89. The maximum Gasteiger partial charge on any atom is 0.244 e. The number of aryl methyl sites for hydroxylation is 1. The van der Waals surface area contributed by atoms with Gasteiger partial charge in [-0.25, -0.2) is 10.4 Å². The van der Waals surface area contributed by atoms with Crippen molar-refractivity contribution in [1.82, 2.24) is 15.4 Å². The smallest absolute Gasteiger partial charge is 0.244 e. The van der Waals surface area contributed by atoms with Crippen LogP contribution in [0.3, 0.4) is 0 Å². The Labute approximate surface area is 132 Å². The number of aromatic amines is 1. The van der Waals surface area contributed by atoms with Crippen molar-refractivity contribution in [3.05, 3.63) is 59.4 Å². The highest BCUT2D eigenvalue weighted by atomic mass is 16.3. The first kappa shape index (κ1) is 14.8. The summed E-state index contributed by atoms with van der Waals surface area (Å²) >= 11 is 0. The standard InChI is InChI=1S/C17H16N4O2/c1-11-2-4-13(16(22)6-11)9-20-21-17(23)8-12-3-5-14-15(7-12)19-10-18-14/h2-7,9-10,22H,8H2,1H3,(H,18,19)(H,21,23)/b20-9+. The summed E-state index contributed by atoms with van der Waals surface area (Å²) in [6, 6.07) is 10.9. The van der Waals surface area contributed by atoms with E-state index in [-0.39, 0.29) is 18.1 Å². The Kier molecular flexibility index (Phi) is 4.05. The first-order chi connectivity index (χ1) is 11.1. The molecule has 1 amide bonds. The number of nitrogens with zero attached hydrogens (tertiary/aromatic N) is 2. The number of H-pyrrole nitrogens is 1. The second-order valence-corrected chi connectivity index (χ2v) is 5.29. The van der Waals surface area contributed by atoms with Crippen LogP contribution >= 0.6 is 0 Å². The number of phenolic OH excluding ortho intramolecular Hbond substituents is 1. The summed E-state index contributed by atoms with van der Waals surface area (Å²) in [4.78, 5) is 19.0.